The van der Waals surface area contributed by atoms with Crippen molar-refractivity contribution in [2.75, 3.05) is 53.9 Å². The summed E-state index contributed by atoms with van der Waals surface area (Å²) in [7, 11) is 0.682. The highest BCUT2D eigenvalue weighted by molar-refractivity contribution is 7.84. The molecule has 0 aliphatic carbocycles. The number of methoxy groups -OCH3 is 1. The van der Waals surface area contributed by atoms with Gasteiger partial charge in [-0.05, 0) is 44.5 Å². The van der Waals surface area contributed by atoms with Gasteiger partial charge in [-0.3, -0.25) is 4.21 Å². The van der Waals surface area contributed by atoms with Gasteiger partial charge in [-0.2, -0.15) is 4.98 Å². The maximum Gasteiger partial charge on any atom is 0.227 e. The molecular formula is C26H32F2N6O2S. The monoisotopic (exact) mass is 530 g/mol. The number of alkyl halides is 1. The van der Waals surface area contributed by atoms with Crippen molar-refractivity contribution in [3.63, 3.8) is 0 Å². The van der Waals surface area contributed by atoms with Crippen molar-refractivity contribution < 1.29 is 17.7 Å². The van der Waals surface area contributed by atoms with Gasteiger partial charge < -0.3 is 19.9 Å². The number of benzene rings is 1. The Balaban J connectivity index is 1.35. The number of anilines is 4. The molecule has 2 aliphatic heterocycles. The second kappa shape index (κ2) is 10.1. The average Bonchev–Trinajstić information content (AvgIpc) is 2.86. The van der Waals surface area contributed by atoms with E-state index in [0.29, 0.717) is 47.6 Å². The number of nitrogens with one attached hydrogen (secondary N) is 1. The van der Waals surface area contributed by atoms with E-state index < -0.39 is 22.6 Å². The number of hydrogen-bond donors (Lipinski definition) is 1. The second-order valence-electron chi connectivity index (χ2n) is 10.2. The number of nitrogens with zero attached hydrogens (tertiary/aromatic N) is 5. The van der Waals surface area contributed by atoms with Crippen LogP contribution in [0.15, 0.2) is 36.7 Å². The van der Waals surface area contributed by atoms with Crippen molar-refractivity contribution >= 4 is 44.8 Å². The third kappa shape index (κ3) is 5.11. The van der Waals surface area contributed by atoms with E-state index in [0.717, 1.165) is 17.6 Å². The van der Waals surface area contributed by atoms with Crippen LogP contribution in [0.3, 0.4) is 0 Å². The molecule has 5 atom stereocenters. The number of piperidine rings is 1. The van der Waals surface area contributed by atoms with E-state index in [1.165, 1.54) is 20.1 Å². The summed E-state index contributed by atoms with van der Waals surface area (Å²) in [6, 6.07) is 6.83. The summed E-state index contributed by atoms with van der Waals surface area (Å²) in [5.74, 6) is 2.01. The quantitative estimate of drug-likeness (QED) is 0.490. The summed E-state index contributed by atoms with van der Waals surface area (Å²) in [6.07, 6.45) is 5.06. The molecule has 1 unspecified atom stereocenters. The van der Waals surface area contributed by atoms with Crippen molar-refractivity contribution in [2.45, 2.75) is 38.1 Å². The van der Waals surface area contributed by atoms with E-state index in [1.54, 1.807) is 41.7 Å². The molecule has 198 valence electrons. The molecule has 0 amide bonds. The van der Waals surface area contributed by atoms with Gasteiger partial charge in [-0.1, -0.05) is 0 Å². The molecule has 1 N–H and O–H groups in total. The molecule has 0 spiro atoms. The van der Waals surface area contributed by atoms with E-state index in [1.807, 2.05) is 0 Å². The van der Waals surface area contributed by atoms with Gasteiger partial charge >= 0.3 is 0 Å². The zero-order valence-corrected chi connectivity index (χ0v) is 22.3. The molecule has 37 heavy (non-hydrogen) atoms. The lowest BCUT2D eigenvalue weighted by molar-refractivity contribution is -0.0381. The minimum atomic E-state index is -1.52. The van der Waals surface area contributed by atoms with Crippen molar-refractivity contribution in [3.8, 4) is 0 Å². The fraction of sp³-hybridized carbons (Fsp3) is 0.500. The lowest BCUT2D eigenvalue weighted by Gasteiger charge is -2.48. The van der Waals surface area contributed by atoms with Gasteiger partial charge in [0.2, 0.25) is 5.95 Å². The molecule has 2 saturated heterocycles. The van der Waals surface area contributed by atoms with Crippen molar-refractivity contribution in [1.82, 2.24) is 15.0 Å². The minimum Gasteiger partial charge on any atom is -0.378 e. The van der Waals surface area contributed by atoms with Crippen LogP contribution < -0.4 is 15.1 Å². The number of rotatable bonds is 7. The molecule has 4 heterocycles. The number of pyridine rings is 1. The van der Waals surface area contributed by atoms with Crippen molar-refractivity contribution in [1.29, 1.82) is 0 Å². The van der Waals surface area contributed by atoms with E-state index in [4.69, 9.17) is 4.74 Å². The largest absolute Gasteiger partial charge is 0.378 e. The fourth-order valence-corrected chi connectivity index (χ4v) is 6.36. The standard InChI is InChI=1S/C26H32F2N6O2S/c1-16-17(14-37(4)35)13-34(16)21-6-5-20(27)18-11-24(30-12-19(18)21)31-23-7-9-29-25(32-23)33-10-8-22(36-3)26(2,28)15-33/h5-7,9,11-12,16-17,22H,8,10,13-15H2,1-4H3,(H,29,30,31,32)/t16-,17-,22-,26+,37?/m1/s1. The third-order valence-corrected chi connectivity index (χ3v) is 8.38. The molecule has 2 aliphatic rings. The topological polar surface area (TPSA) is 83.5 Å². The molecule has 11 heteroatoms. The van der Waals surface area contributed by atoms with Gasteiger partial charge in [0.15, 0.2) is 5.67 Å². The normalized spacial score (nSPS) is 26.7. The number of hydrogen-bond acceptors (Lipinski definition) is 8. The maximum absolute atomic E-state index is 15.0. The zero-order valence-electron chi connectivity index (χ0n) is 21.4. The van der Waals surface area contributed by atoms with Gasteiger partial charge in [0.05, 0.1) is 12.6 Å². The number of fused-ring (bicyclic) bond motifs is 1. The molecule has 2 aromatic heterocycles. The second-order valence-corrected chi connectivity index (χ2v) is 11.6. The van der Waals surface area contributed by atoms with Gasteiger partial charge in [0.25, 0.3) is 0 Å². The third-order valence-electron chi connectivity index (χ3n) is 7.49. The number of ether oxygens (including phenoxy) is 1. The average molecular weight is 531 g/mol. The molecule has 0 saturated carbocycles. The van der Waals surface area contributed by atoms with Gasteiger partial charge in [0, 0.05) is 83.8 Å². The molecule has 5 rings (SSSR count). The Morgan fingerprint density at radius 3 is 2.76 bits per heavy atom. The zero-order chi connectivity index (χ0) is 26.3. The Labute approximate surface area is 217 Å². The van der Waals surface area contributed by atoms with Crippen LogP contribution in [0.5, 0.6) is 0 Å². The fourth-order valence-electron chi connectivity index (χ4n) is 5.37. The van der Waals surface area contributed by atoms with Crippen molar-refractivity contribution in [3.05, 3.63) is 42.5 Å². The van der Waals surface area contributed by atoms with E-state index >= 15 is 4.39 Å². The Morgan fingerprint density at radius 2 is 2.05 bits per heavy atom. The van der Waals surface area contributed by atoms with Gasteiger partial charge in [-0.25, -0.2) is 18.7 Å². The van der Waals surface area contributed by atoms with Gasteiger partial charge in [-0.15, -0.1) is 0 Å². The van der Waals surface area contributed by atoms with Crippen LogP contribution in [0.1, 0.15) is 20.3 Å². The van der Waals surface area contributed by atoms with Crippen LogP contribution in [0.4, 0.5) is 32.1 Å². The predicted molar refractivity (Wildman–Crippen MR) is 143 cm³/mol. The number of halogens is 2. The van der Waals surface area contributed by atoms with Crippen LogP contribution in [0.2, 0.25) is 0 Å². The lowest BCUT2D eigenvalue weighted by atomic mass is 9.90. The van der Waals surface area contributed by atoms with Crippen LogP contribution in [-0.4, -0.2) is 75.7 Å². The first kappa shape index (κ1) is 25.7. The van der Waals surface area contributed by atoms with Crippen LogP contribution >= 0.6 is 0 Å². The van der Waals surface area contributed by atoms with E-state index in [9.17, 15) is 8.60 Å². The minimum absolute atomic E-state index is 0.126. The predicted octanol–water partition coefficient (Wildman–Crippen LogP) is 4.06. The molecular weight excluding hydrogens is 498 g/mol. The van der Waals surface area contributed by atoms with Crippen LogP contribution in [-0.2, 0) is 15.5 Å². The first-order valence-corrected chi connectivity index (χ1v) is 14.1. The summed E-state index contributed by atoms with van der Waals surface area (Å²) >= 11 is 0. The molecule has 3 aromatic rings. The first-order chi connectivity index (χ1) is 17.7. The summed E-state index contributed by atoms with van der Waals surface area (Å²) in [6.45, 7) is 5.12. The number of aromatic nitrogens is 3. The van der Waals surface area contributed by atoms with E-state index in [-0.39, 0.29) is 18.4 Å². The highest BCUT2D eigenvalue weighted by Crippen LogP contribution is 2.37. The summed E-state index contributed by atoms with van der Waals surface area (Å²) < 4.78 is 46.8. The highest BCUT2D eigenvalue weighted by Gasteiger charge is 2.41. The molecule has 0 radical (unpaired) electrons. The van der Waals surface area contributed by atoms with Crippen molar-refractivity contribution in [2.24, 2.45) is 5.92 Å². The Hall–Kier alpha value is -2.92. The SMILES string of the molecule is CO[C@@H]1CCN(c2nccc(Nc3cc4c(F)ccc(N5C[C@H](CS(C)=O)[C@H]5C)c4cn3)n2)C[C@]1(C)F. The lowest BCUT2D eigenvalue weighted by Crippen LogP contribution is -2.56. The highest BCUT2D eigenvalue weighted by atomic mass is 32.2. The van der Waals surface area contributed by atoms with Gasteiger partial charge in [0.1, 0.15) is 17.5 Å². The van der Waals surface area contributed by atoms with Crippen LogP contribution in [0.25, 0.3) is 10.8 Å². The Bertz CT molecular complexity index is 1330. The molecule has 2 fully saturated rings. The van der Waals surface area contributed by atoms with Crippen LogP contribution in [0, 0.1) is 11.7 Å². The first-order valence-electron chi connectivity index (χ1n) is 12.4. The summed E-state index contributed by atoms with van der Waals surface area (Å²) in [4.78, 5) is 17.4. The van der Waals surface area contributed by atoms with E-state index in [2.05, 4.69) is 32.1 Å². The molecule has 1 aromatic carbocycles. The Kier molecular flexibility index (Phi) is 7.01. The smallest absolute Gasteiger partial charge is 0.227 e. The maximum atomic E-state index is 15.0. The summed E-state index contributed by atoms with van der Waals surface area (Å²) in [5.41, 5.74) is -0.601. The Morgan fingerprint density at radius 1 is 1.24 bits per heavy atom. The molecule has 8 nitrogen and oxygen atoms in total. The summed E-state index contributed by atoms with van der Waals surface area (Å²) in [5, 5.41) is 4.31. The molecule has 0 bridgehead atoms.